The molecular weight excluding hydrogens is 286 g/mol. The van der Waals surface area contributed by atoms with Crippen LogP contribution < -0.4 is 21.1 Å². The first kappa shape index (κ1) is 13.6. The van der Waals surface area contributed by atoms with E-state index in [4.69, 9.17) is 10.5 Å². The van der Waals surface area contributed by atoms with Crippen molar-refractivity contribution in [2.75, 3.05) is 36.6 Å². The third kappa shape index (κ3) is 4.52. The first-order valence-corrected chi connectivity index (χ1v) is 6.29. The van der Waals surface area contributed by atoms with Crippen LogP contribution in [0.1, 0.15) is 0 Å². The Morgan fingerprint density at radius 3 is 2.88 bits per heavy atom. The van der Waals surface area contributed by atoms with Crippen molar-refractivity contribution < 1.29 is 9.53 Å². The number of methoxy groups -OCH3 is 1. The van der Waals surface area contributed by atoms with E-state index in [1.807, 2.05) is 6.07 Å². The molecule has 0 saturated heterocycles. The van der Waals surface area contributed by atoms with Crippen LogP contribution >= 0.6 is 15.9 Å². The summed E-state index contributed by atoms with van der Waals surface area (Å²) in [6.07, 6.45) is 0. The summed E-state index contributed by atoms with van der Waals surface area (Å²) in [6.45, 7) is 1.15. The van der Waals surface area contributed by atoms with Crippen molar-refractivity contribution in [3.8, 4) is 5.75 Å². The quantitative estimate of drug-likeness (QED) is 0.419. The van der Waals surface area contributed by atoms with E-state index in [9.17, 15) is 4.79 Å². The fraction of sp³-hybridized carbons (Fsp3) is 0.364. The molecule has 0 fully saturated rings. The van der Waals surface area contributed by atoms with Crippen LogP contribution in [0.25, 0.3) is 0 Å². The number of rotatable bonds is 6. The SMILES string of the molecule is COc1ccc(N)c(NCCNC(=O)CBr)c1. The highest BCUT2D eigenvalue weighted by Crippen LogP contribution is 2.23. The molecule has 1 rings (SSSR count). The first-order valence-electron chi connectivity index (χ1n) is 5.17. The van der Waals surface area contributed by atoms with Gasteiger partial charge in [0.15, 0.2) is 0 Å². The molecule has 0 heterocycles. The van der Waals surface area contributed by atoms with Crippen molar-refractivity contribution in [2.24, 2.45) is 0 Å². The first-order chi connectivity index (χ1) is 8.17. The van der Waals surface area contributed by atoms with Gasteiger partial charge >= 0.3 is 0 Å². The summed E-state index contributed by atoms with van der Waals surface area (Å²) in [5.41, 5.74) is 7.25. The minimum atomic E-state index is -0.0367. The van der Waals surface area contributed by atoms with Gasteiger partial charge in [0.2, 0.25) is 5.91 Å². The number of carbonyl (C=O) groups excluding carboxylic acids is 1. The Hall–Kier alpha value is -1.43. The number of hydrogen-bond acceptors (Lipinski definition) is 4. The molecule has 0 aromatic heterocycles. The Bertz CT molecular complexity index is 385. The van der Waals surface area contributed by atoms with Gasteiger partial charge in [-0.2, -0.15) is 0 Å². The van der Waals surface area contributed by atoms with Crippen LogP contribution in [0.5, 0.6) is 5.75 Å². The van der Waals surface area contributed by atoms with E-state index in [1.165, 1.54) is 0 Å². The van der Waals surface area contributed by atoms with Gasteiger partial charge < -0.3 is 21.1 Å². The molecule has 0 bridgehead atoms. The summed E-state index contributed by atoms with van der Waals surface area (Å²) in [5.74, 6) is 0.705. The monoisotopic (exact) mass is 301 g/mol. The number of amides is 1. The highest BCUT2D eigenvalue weighted by atomic mass is 79.9. The molecule has 94 valence electrons. The van der Waals surface area contributed by atoms with Crippen LogP contribution in [-0.4, -0.2) is 31.4 Å². The average molecular weight is 302 g/mol. The van der Waals surface area contributed by atoms with Crippen LogP contribution in [-0.2, 0) is 4.79 Å². The number of carbonyl (C=O) groups is 1. The van der Waals surface area contributed by atoms with Gasteiger partial charge in [0.25, 0.3) is 0 Å². The average Bonchev–Trinajstić information content (AvgIpc) is 2.36. The molecule has 0 saturated carbocycles. The lowest BCUT2D eigenvalue weighted by atomic mass is 10.2. The van der Waals surface area contributed by atoms with Gasteiger partial charge in [0.05, 0.1) is 23.8 Å². The van der Waals surface area contributed by atoms with Crippen molar-refractivity contribution in [2.45, 2.75) is 0 Å². The molecule has 17 heavy (non-hydrogen) atoms. The molecule has 1 aromatic carbocycles. The predicted octanol–water partition coefficient (Wildman–Crippen LogP) is 1.20. The summed E-state index contributed by atoms with van der Waals surface area (Å²) in [4.78, 5) is 11.0. The number of nitrogen functional groups attached to an aromatic ring is 1. The summed E-state index contributed by atoms with van der Waals surface area (Å²) >= 11 is 3.07. The number of nitrogens with two attached hydrogens (primary N) is 1. The zero-order valence-electron chi connectivity index (χ0n) is 9.63. The highest BCUT2D eigenvalue weighted by Gasteiger charge is 2.01. The highest BCUT2D eigenvalue weighted by molar-refractivity contribution is 9.09. The van der Waals surface area contributed by atoms with E-state index in [2.05, 4.69) is 26.6 Å². The Kier molecular flexibility index (Phi) is 5.62. The third-order valence-corrected chi connectivity index (χ3v) is 2.65. The van der Waals surface area contributed by atoms with Crippen LogP contribution in [0.3, 0.4) is 0 Å². The minimum absolute atomic E-state index is 0.0367. The second kappa shape index (κ2) is 7.01. The Labute approximate surface area is 109 Å². The van der Waals surface area contributed by atoms with Crippen LogP contribution in [0.4, 0.5) is 11.4 Å². The van der Waals surface area contributed by atoms with Crippen molar-refractivity contribution in [3.05, 3.63) is 18.2 Å². The second-order valence-corrected chi connectivity index (χ2v) is 3.92. The van der Waals surface area contributed by atoms with Crippen LogP contribution in [0.2, 0.25) is 0 Å². The largest absolute Gasteiger partial charge is 0.497 e. The van der Waals surface area contributed by atoms with Crippen molar-refractivity contribution >= 4 is 33.2 Å². The lowest BCUT2D eigenvalue weighted by Gasteiger charge is -2.11. The maximum atomic E-state index is 11.0. The smallest absolute Gasteiger partial charge is 0.230 e. The maximum Gasteiger partial charge on any atom is 0.230 e. The maximum absolute atomic E-state index is 11.0. The zero-order chi connectivity index (χ0) is 12.7. The molecule has 1 aromatic rings. The number of alkyl halides is 1. The van der Waals surface area contributed by atoms with Gasteiger partial charge in [-0.15, -0.1) is 0 Å². The molecular formula is C11H16BrN3O2. The molecule has 0 spiro atoms. The van der Waals surface area contributed by atoms with Crippen LogP contribution in [0.15, 0.2) is 18.2 Å². The van der Waals surface area contributed by atoms with E-state index in [0.717, 1.165) is 11.4 Å². The summed E-state index contributed by atoms with van der Waals surface area (Å²) in [6, 6.07) is 5.40. The zero-order valence-corrected chi connectivity index (χ0v) is 11.2. The summed E-state index contributed by atoms with van der Waals surface area (Å²) in [7, 11) is 1.60. The van der Waals surface area contributed by atoms with Gasteiger partial charge in [-0.05, 0) is 12.1 Å². The molecule has 0 unspecified atom stereocenters. The minimum Gasteiger partial charge on any atom is -0.497 e. The number of benzene rings is 1. The molecule has 0 aliphatic carbocycles. The van der Waals surface area contributed by atoms with Gasteiger partial charge in [-0.3, -0.25) is 4.79 Å². The van der Waals surface area contributed by atoms with Crippen LogP contribution in [0, 0.1) is 0 Å². The lowest BCUT2D eigenvalue weighted by molar-refractivity contribution is -0.118. The molecule has 6 heteroatoms. The normalized spacial score (nSPS) is 9.76. The van der Waals surface area contributed by atoms with E-state index >= 15 is 0 Å². The van der Waals surface area contributed by atoms with Crippen molar-refractivity contribution in [1.29, 1.82) is 0 Å². The number of nitrogens with one attached hydrogen (secondary N) is 2. The molecule has 0 aliphatic rings. The molecule has 0 aliphatic heterocycles. The van der Waals surface area contributed by atoms with Crippen molar-refractivity contribution in [3.63, 3.8) is 0 Å². The molecule has 0 radical (unpaired) electrons. The second-order valence-electron chi connectivity index (χ2n) is 3.36. The van der Waals surface area contributed by atoms with Gasteiger partial charge in [-0.25, -0.2) is 0 Å². The Balaban J connectivity index is 2.43. The topological polar surface area (TPSA) is 76.4 Å². The lowest BCUT2D eigenvalue weighted by Crippen LogP contribution is -2.29. The standard InChI is InChI=1S/C11H16BrN3O2/c1-17-8-2-3-9(13)10(6-8)14-4-5-15-11(16)7-12/h2-3,6,14H,4-5,7,13H2,1H3,(H,15,16). The summed E-state index contributed by atoms with van der Waals surface area (Å²) in [5, 5.41) is 6.18. The van der Waals surface area contributed by atoms with Gasteiger partial charge in [-0.1, -0.05) is 15.9 Å². The van der Waals surface area contributed by atoms with E-state index < -0.39 is 0 Å². The Morgan fingerprint density at radius 1 is 1.47 bits per heavy atom. The molecule has 5 nitrogen and oxygen atoms in total. The Morgan fingerprint density at radius 2 is 2.24 bits per heavy atom. The van der Waals surface area contributed by atoms with E-state index in [0.29, 0.717) is 24.1 Å². The fourth-order valence-corrected chi connectivity index (χ4v) is 1.46. The van der Waals surface area contributed by atoms with E-state index in [1.54, 1.807) is 19.2 Å². The molecule has 1 amide bonds. The molecule has 0 atom stereocenters. The van der Waals surface area contributed by atoms with Crippen molar-refractivity contribution in [1.82, 2.24) is 5.32 Å². The fourth-order valence-electron chi connectivity index (χ4n) is 1.26. The number of halogens is 1. The number of anilines is 2. The predicted molar refractivity (Wildman–Crippen MR) is 72.7 cm³/mol. The van der Waals surface area contributed by atoms with Gasteiger partial charge in [0.1, 0.15) is 5.75 Å². The third-order valence-electron chi connectivity index (χ3n) is 2.14. The molecule has 4 N–H and O–H groups in total. The number of hydrogen-bond donors (Lipinski definition) is 3. The summed E-state index contributed by atoms with van der Waals surface area (Å²) < 4.78 is 5.10. The number of ether oxygens (including phenoxy) is 1. The van der Waals surface area contributed by atoms with E-state index in [-0.39, 0.29) is 5.91 Å². The van der Waals surface area contributed by atoms with Gasteiger partial charge in [0, 0.05) is 19.2 Å².